The van der Waals surface area contributed by atoms with Crippen molar-refractivity contribution in [1.29, 1.82) is 0 Å². The standard InChI is InChI=1S/C18H25FN2O7/c1-4-5-6-7-20-17(24)13(19)9-21(18(20)25)16-8-14(27-12(3)23)15(28-16)10-26-11(2)22/h9,14-16H,4-8,10H2,1-3H3/t14?,15-,16-/m0/s1. The Morgan fingerprint density at radius 1 is 1.25 bits per heavy atom. The number of hydrogen-bond donors (Lipinski definition) is 0. The molecule has 1 aliphatic rings. The maximum absolute atomic E-state index is 14.1. The van der Waals surface area contributed by atoms with Gasteiger partial charge in [0.1, 0.15) is 25.0 Å². The Morgan fingerprint density at radius 3 is 2.57 bits per heavy atom. The maximum atomic E-state index is 14.1. The van der Waals surface area contributed by atoms with Crippen molar-refractivity contribution in [3.63, 3.8) is 0 Å². The highest BCUT2D eigenvalue weighted by Crippen LogP contribution is 2.30. The molecule has 3 atom stereocenters. The van der Waals surface area contributed by atoms with Crippen molar-refractivity contribution in [2.75, 3.05) is 6.61 Å². The number of carbonyl (C=O) groups excluding carboxylic acids is 2. The van der Waals surface area contributed by atoms with E-state index in [-0.39, 0.29) is 19.6 Å². The number of halogens is 1. The van der Waals surface area contributed by atoms with E-state index < -0.39 is 47.4 Å². The number of rotatable bonds is 8. The SMILES string of the molecule is CCCCCn1c(=O)c(F)cn([C@@H]2CC(OC(C)=O)[C@H](COC(C)=O)O2)c1=O. The van der Waals surface area contributed by atoms with Gasteiger partial charge in [-0.1, -0.05) is 19.8 Å². The van der Waals surface area contributed by atoms with Gasteiger partial charge in [-0.3, -0.25) is 23.5 Å². The summed E-state index contributed by atoms with van der Waals surface area (Å²) < 4.78 is 31.7. The topological polar surface area (TPSA) is 106 Å². The molecule has 1 fully saturated rings. The van der Waals surface area contributed by atoms with E-state index in [1.54, 1.807) is 0 Å². The van der Waals surface area contributed by atoms with Crippen molar-refractivity contribution in [2.45, 2.75) is 71.4 Å². The van der Waals surface area contributed by atoms with Crippen LogP contribution < -0.4 is 11.2 Å². The predicted molar refractivity (Wildman–Crippen MR) is 95.2 cm³/mol. The molecule has 0 spiro atoms. The van der Waals surface area contributed by atoms with Crippen LogP contribution in [0.15, 0.2) is 15.8 Å². The Balaban J connectivity index is 2.30. The Labute approximate surface area is 161 Å². The number of carbonyl (C=O) groups is 2. The van der Waals surface area contributed by atoms with Gasteiger partial charge in [-0.05, 0) is 6.42 Å². The monoisotopic (exact) mass is 400 g/mol. The zero-order valence-electron chi connectivity index (χ0n) is 16.2. The van der Waals surface area contributed by atoms with Crippen LogP contribution in [0.25, 0.3) is 0 Å². The van der Waals surface area contributed by atoms with Gasteiger partial charge in [0.25, 0.3) is 5.56 Å². The third-order valence-corrected chi connectivity index (χ3v) is 4.40. The molecule has 1 aromatic rings. The first-order valence-corrected chi connectivity index (χ1v) is 9.22. The van der Waals surface area contributed by atoms with Crippen LogP contribution in [-0.2, 0) is 30.3 Å². The van der Waals surface area contributed by atoms with Crippen molar-refractivity contribution in [1.82, 2.24) is 9.13 Å². The maximum Gasteiger partial charge on any atom is 0.333 e. The summed E-state index contributed by atoms with van der Waals surface area (Å²) in [6, 6.07) is 0. The third kappa shape index (κ3) is 5.28. The van der Waals surface area contributed by atoms with Gasteiger partial charge in [0.15, 0.2) is 0 Å². The molecule has 2 heterocycles. The summed E-state index contributed by atoms with van der Waals surface area (Å²) in [7, 11) is 0. The summed E-state index contributed by atoms with van der Waals surface area (Å²) in [5.74, 6) is -2.18. The zero-order valence-corrected chi connectivity index (χ0v) is 16.2. The molecule has 0 bridgehead atoms. The second-order valence-corrected chi connectivity index (χ2v) is 6.65. The van der Waals surface area contributed by atoms with Gasteiger partial charge in [-0.2, -0.15) is 4.39 Å². The normalized spacial score (nSPS) is 21.5. The van der Waals surface area contributed by atoms with Crippen molar-refractivity contribution in [2.24, 2.45) is 0 Å². The van der Waals surface area contributed by atoms with Gasteiger partial charge in [0.05, 0.1) is 6.20 Å². The molecule has 1 saturated heterocycles. The highest BCUT2D eigenvalue weighted by Gasteiger charge is 2.40. The van der Waals surface area contributed by atoms with Crippen LogP contribution in [0.1, 0.15) is 52.7 Å². The van der Waals surface area contributed by atoms with E-state index in [0.29, 0.717) is 6.42 Å². The van der Waals surface area contributed by atoms with E-state index in [1.807, 2.05) is 6.92 Å². The lowest BCUT2D eigenvalue weighted by atomic mass is 10.2. The van der Waals surface area contributed by atoms with Crippen LogP contribution in [-0.4, -0.2) is 39.9 Å². The highest BCUT2D eigenvalue weighted by molar-refractivity contribution is 5.66. The first-order valence-electron chi connectivity index (χ1n) is 9.22. The zero-order chi connectivity index (χ0) is 20.8. The molecule has 0 radical (unpaired) electrons. The van der Waals surface area contributed by atoms with Gasteiger partial charge in [-0.25, -0.2) is 4.79 Å². The average molecular weight is 400 g/mol. The summed E-state index contributed by atoms with van der Waals surface area (Å²) in [6.45, 7) is 4.32. The lowest BCUT2D eigenvalue weighted by Gasteiger charge is -2.18. The number of unbranched alkanes of at least 4 members (excludes halogenated alkanes) is 2. The smallest absolute Gasteiger partial charge is 0.333 e. The number of aromatic nitrogens is 2. The molecule has 10 heteroatoms. The second kappa shape index (κ2) is 9.63. The van der Waals surface area contributed by atoms with E-state index in [1.165, 1.54) is 13.8 Å². The Kier molecular flexibility index (Phi) is 7.50. The molecule has 1 aliphatic heterocycles. The Bertz CT molecular complexity index is 832. The number of nitrogens with zero attached hydrogens (tertiary/aromatic N) is 2. The lowest BCUT2D eigenvalue weighted by Crippen LogP contribution is -2.42. The summed E-state index contributed by atoms with van der Waals surface area (Å²) in [5.41, 5.74) is -1.69. The minimum absolute atomic E-state index is 0.0536. The lowest BCUT2D eigenvalue weighted by molar-refractivity contribution is -0.155. The molecular weight excluding hydrogens is 375 g/mol. The van der Waals surface area contributed by atoms with Crippen LogP contribution in [0.5, 0.6) is 0 Å². The van der Waals surface area contributed by atoms with E-state index >= 15 is 0 Å². The number of hydrogen-bond acceptors (Lipinski definition) is 7. The largest absolute Gasteiger partial charge is 0.463 e. The van der Waals surface area contributed by atoms with E-state index in [0.717, 1.165) is 28.2 Å². The minimum Gasteiger partial charge on any atom is -0.463 e. The van der Waals surface area contributed by atoms with Crippen molar-refractivity contribution in [3.05, 3.63) is 32.9 Å². The molecule has 0 amide bonds. The Morgan fingerprint density at radius 2 is 1.96 bits per heavy atom. The van der Waals surface area contributed by atoms with Gasteiger partial charge in [0, 0.05) is 26.8 Å². The van der Waals surface area contributed by atoms with Crippen LogP contribution in [0.2, 0.25) is 0 Å². The van der Waals surface area contributed by atoms with Gasteiger partial charge in [-0.15, -0.1) is 0 Å². The average Bonchev–Trinajstić information content (AvgIpc) is 3.01. The van der Waals surface area contributed by atoms with Gasteiger partial charge in [0.2, 0.25) is 5.82 Å². The molecular formula is C18H25FN2O7. The molecule has 1 unspecified atom stereocenters. The molecule has 28 heavy (non-hydrogen) atoms. The van der Waals surface area contributed by atoms with E-state index in [9.17, 15) is 23.6 Å². The van der Waals surface area contributed by atoms with Crippen LogP contribution >= 0.6 is 0 Å². The molecule has 2 rings (SSSR count). The quantitative estimate of drug-likeness (QED) is 0.476. The summed E-state index contributed by atoms with van der Waals surface area (Å²) in [6.07, 6.45) is 0.525. The summed E-state index contributed by atoms with van der Waals surface area (Å²) >= 11 is 0. The first-order chi connectivity index (χ1) is 13.2. The van der Waals surface area contributed by atoms with Crippen LogP contribution in [0.3, 0.4) is 0 Å². The van der Waals surface area contributed by atoms with E-state index in [4.69, 9.17) is 14.2 Å². The summed E-state index contributed by atoms with van der Waals surface area (Å²) in [4.78, 5) is 47.1. The van der Waals surface area contributed by atoms with Gasteiger partial charge >= 0.3 is 17.6 Å². The Hall–Kier alpha value is -2.49. The highest BCUT2D eigenvalue weighted by atomic mass is 19.1. The van der Waals surface area contributed by atoms with Crippen molar-refractivity contribution >= 4 is 11.9 Å². The van der Waals surface area contributed by atoms with Crippen LogP contribution in [0, 0.1) is 5.82 Å². The summed E-state index contributed by atoms with van der Waals surface area (Å²) in [5, 5.41) is 0. The molecule has 0 aliphatic carbocycles. The minimum atomic E-state index is -1.08. The fraction of sp³-hybridized carbons (Fsp3) is 0.667. The van der Waals surface area contributed by atoms with E-state index in [2.05, 4.69) is 0 Å². The van der Waals surface area contributed by atoms with Crippen molar-refractivity contribution in [3.8, 4) is 0 Å². The molecule has 0 aromatic carbocycles. The third-order valence-electron chi connectivity index (χ3n) is 4.40. The second-order valence-electron chi connectivity index (χ2n) is 6.65. The fourth-order valence-electron chi connectivity index (χ4n) is 3.07. The first kappa shape index (κ1) is 21.8. The fourth-order valence-corrected chi connectivity index (χ4v) is 3.07. The number of ether oxygens (including phenoxy) is 3. The molecule has 0 saturated carbocycles. The van der Waals surface area contributed by atoms with Crippen LogP contribution in [0.4, 0.5) is 4.39 Å². The molecule has 0 N–H and O–H groups in total. The molecule has 156 valence electrons. The molecule has 9 nitrogen and oxygen atoms in total. The molecule has 1 aromatic heterocycles. The van der Waals surface area contributed by atoms with Crippen molar-refractivity contribution < 1.29 is 28.2 Å². The predicted octanol–water partition coefficient (Wildman–Crippen LogP) is 1.12. The van der Waals surface area contributed by atoms with Gasteiger partial charge < -0.3 is 14.2 Å². The number of esters is 2.